The molecule has 116 valence electrons. The van der Waals surface area contributed by atoms with Crippen molar-refractivity contribution in [1.29, 1.82) is 0 Å². The number of rotatable bonds is 2. The van der Waals surface area contributed by atoms with Crippen molar-refractivity contribution in [2.24, 2.45) is 0 Å². The Morgan fingerprint density at radius 2 is 1.78 bits per heavy atom. The zero-order chi connectivity index (χ0) is 16.6. The maximum atomic E-state index is 12.0. The summed E-state index contributed by atoms with van der Waals surface area (Å²) in [6.07, 6.45) is 1.32. The van der Waals surface area contributed by atoms with Crippen molar-refractivity contribution in [2.45, 2.75) is 0 Å². The van der Waals surface area contributed by atoms with Gasteiger partial charge in [-0.25, -0.2) is 4.79 Å². The van der Waals surface area contributed by atoms with Gasteiger partial charge in [0.05, 0.1) is 0 Å². The van der Waals surface area contributed by atoms with Crippen LogP contribution in [0, 0.1) is 0 Å². The van der Waals surface area contributed by atoms with E-state index in [2.05, 4.69) is 21.2 Å². The van der Waals surface area contributed by atoms with Gasteiger partial charge in [-0.2, -0.15) is 0 Å². The van der Waals surface area contributed by atoms with Crippen LogP contribution < -0.4 is 5.32 Å². The average molecular weight is 375 g/mol. The predicted molar refractivity (Wildman–Crippen MR) is 86.1 cm³/mol. The Kier molecular flexibility index (Phi) is 3.87. The van der Waals surface area contributed by atoms with Gasteiger partial charge in [0.1, 0.15) is 17.1 Å². The molecule has 0 unspecified atom stereocenters. The standard InChI is InChI=1S/C16H11BrN2O4/c1-19-15(21)12(14(20)18-16(19)22)8-11-6-7-13(23-11)9-2-4-10(17)5-3-9/h2-8H,1H3,(H,18,20,22)/b12-8+. The second-order valence-electron chi connectivity index (χ2n) is 4.89. The number of benzene rings is 1. The van der Waals surface area contributed by atoms with Crippen LogP contribution >= 0.6 is 15.9 Å². The van der Waals surface area contributed by atoms with E-state index in [4.69, 9.17) is 4.42 Å². The average Bonchev–Trinajstić information content (AvgIpc) is 2.99. The molecule has 1 aliphatic heterocycles. The van der Waals surface area contributed by atoms with Gasteiger partial charge in [-0.3, -0.25) is 19.8 Å². The van der Waals surface area contributed by atoms with Crippen LogP contribution in [-0.4, -0.2) is 29.8 Å². The molecule has 1 aromatic heterocycles. The number of carbonyl (C=O) groups excluding carboxylic acids is 3. The summed E-state index contributed by atoms with van der Waals surface area (Å²) in [7, 11) is 1.30. The zero-order valence-electron chi connectivity index (χ0n) is 12.0. The Morgan fingerprint density at radius 3 is 2.48 bits per heavy atom. The highest BCUT2D eigenvalue weighted by Gasteiger charge is 2.33. The fraction of sp³-hybridized carbons (Fsp3) is 0.0625. The van der Waals surface area contributed by atoms with Gasteiger partial charge < -0.3 is 4.42 Å². The van der Waals surface area contributed by atoms with E-state index in [1.165, 1.54) is 13.1 Å². The summed E-state index contributed by atoms with van der Waals surface area (Å²) in [5.41, 5.74) is 0.716. The third-order valence-corrected chi connectivity index (χ3v) is 3.88. The molecule has 2 aromatic rings. The van der Waals surface area contributed by atoms with Gasteiger partial charge in [0.25, 0.3) is 11.8 Å². The smallest absolute Gasteiger partial charge is 0.331 e. The van der Waals surface area contributed by atoms with Gasteiger partial charge >= 0.3 is 6.03 Å². The third-order valence-electron chi connectivity index (χ3n) is 3.35. The monoisotopic (exact) mass is 374 g/mol. The van der Waals surface area contributed by atoms with Crippen molar-refractivity contribution in [2.75, 3.05) is 7.05 Å². The summed E-state index contributed by atoms with van der Waals surface area (Å²) in [5.74, 6) is -0.443. The number of nitrogens with zero attached hydrogens (tertiary/aromatic N) is 1. The normalized spacial score (nSPS) is 16.9. The van der Waals surface area contributed by atoms with Crippen LogP contribution in [0.25, 0.3) is 17.4 Å². The lowest BCUT2D eigenvalue weighted by molar-refractivity contribution is -0.129. The van der Waals surface area contributed by atoms with E-state index in [1.54, 1.807) is 12.1 Å². The number of likely N-dealkylation sites (N-methyl/N-ethyl adjacent to an activating group) is 1. The van der Waals surface area contributed by atoms with E-state index >= 15 is 0 Å². The summed E-state index contributed by atoms with van der Waals surface area (Å²) >= 11 is 3.36. The van der Waals surface area contributed by atoms with E-state index < -0.39 is 17.8 Å². The molecule has 0 radical (unpaired) electrons. The largest absolute Gasteiger partial charge is 0.457 e. The lowest BCUT2D eigenvalue weighted by Crippen LogP contribution is -2.52. The minimum atomic E-state index is -0.743. The number of barbiturate groups is 1. The summed E-state index contributed by atoms with van der Waals surface area (Å²) in [4.78, 5) is 36.0. The van der Waals surface area contributed by atoms with Gasteiger partial charge in [-0.1, -0.05) is 28.1 Å². The number of hydrogen-bond donors (Lipinski definition) is 1. The number of urea groups is 1. The van der Waals surface area contributed by atoms with E-state index in [0.29, 0.717) is 11.5 Å². The SMILES string of the molecule is CN1C(=O)NC(=O)/C(=C\c2ccc(-c3ccc(Br)cc3)o2)C1=O. The highest BCUT2D eigenvalue weighted by Crippen LogP contribution is 2.25. The summed E-state index contributed by atoms with van der Waals surface area (Å²) < 4.78 is 6.59. The molecule has 4 amide bonds. The number of hydrogen-bond acceptors (Lipinski definition) is 4. The fourth-order valence-corrected chi connectivity index (χ4v) is 2.35. The van der Waals surface area contributed by atoms with Crippen molar-refractivity contribution in [3.05, 3.63) is 52.2 Å². The van der Waals surface area contributed by atoms with Crippen LogP contribution in [0.4, 0.5) is 4.79 Å². The molecule has 23 heavy (non-hydrogen) atoms. The Balaban J connectivity index is 1.91. The van der Waals surface area contributed by atoms with Gasteiger partial charge in [-0.15, -0.1) is 0 Å². The first-order valence-electron chi connectivity index (χ1n) is 6.66. The highest BCUT2D eigenvalue weighted by atomic mass is 79.9. The molecule has 0 aliphatic carbocycles. The molecule has 1 saturated heterocycles. The molecule has 1 N–H and O–H groups in total. The van der Waals surface area contributed by atoms with Crippen LogP contribution in [-0.2, 0) is 9.59 Å². The molecule has 0 atom stereocenters. The second kappa shape index (κ2) is 5.85. The molecule has 0 saturated carbocycles. The molecule has 1 aromatic carbocycles. The van der Waals surface area contributed by atoms with Gasteiger partial charge in [0, 0.05) is 17.1 Å². The van der Waals surface area contributed by atoms with E-state index in [1.807, 2.05) is 24.3 Å². The van der Waals surface area contributed by atoms with Gasteiger partial charge in [-0.05, 0) is 30.3 Å². The molecule has 0 bridgehead atoms. The summed E-state index contributed by atoms with van der Waals surface area (Å²) in [5, 5.41) is 2.09. The Labute approximate surface area is 139 Å². The quantitative estimate of drug-likeness (QED) is 0.647. The summed E-state index contributed by atoms with van der Waals surface area (Å²) in [6, 6.07) is 10.2. The molecule has 6 nitrogen and oxygen atoms in total. The van der Waals surface area contributed by atoms with Crippen molar-refractivity contribution in [3.63, 3.8) is 0 Å². The number of furan rings is 1. The topological polar surface area (TPSA) is 79.6 Å². The molecule has 7 heteroatoms. The van der Waals surface area contributed by atoms with E-state index in [0.717, 1.165) is 14.9 Å². The second-order valence-corrected chi connectivity index (χ2v) is 5.81. The molecular formula is C16H11BrN2O4. The molecular weight excluding hydrogens is 364 g/mol. The fourth-order valence-electron chi connectivity index (χ4n) is 2.09. The minimum Gasteiger partial charge on any atom is -0.457 e. The lowest BCUT2D eigenvalue weighted by Gasteiger charge is -2.21. The van der Waals surface area contributed by atoms with Crippen LogP contribution in [0.2, 0.25) is 0 Å². The van der Waals surface area contributed by atoms with Crippen LogP contribution in [0.5, 0.6) is 0 Å². The summed E-state index contributed by atoms with van der Waals surface area (Å²) in [6.45, 7) is 0. The lowest BCUT2D eigenvalue weighted by atomic mass is 10.1. The van der Waals surface area contributed by atoms with E-state index in [-0.39, 0.29) is 5.57 Å². The Hall–Kier alpha value is -2.67. The van der Waals surface area contributed by atoms with Crippen LogP contribution in [0.15, 0.2) is 50.9 Å². The number of amides is 4. The molecule has 1 fully saturated rings. The van der Waals surface area contributed by atoms with Crippen LogP contribution in [0.3, 0.4) is 0 Å². The van der Waals surface area contributed by atoms with Crippen molar-refractivity contribution >= 4 is 39.9 Å². The minimum absolute atomic E-state index is 0.149. The third kappa shape index (κ3) is 2.95. The maximum Gasteiger partial charge on any atom is 0.331 e. The molecule has 3 rings (SSSR count). The first kappa shape index (κ1) is 15.2. The van der Waals surface area contributed by atoms with Gasteiger partial charge in [0.15, 0.2) is 0 Å². The maximum absolute atomic E-state index is 12.0. The Morgan fingerprint density at radius 1 is 1.09 bits per heavy atom. The molecule has 0 spiro atoms. The zero-order valence-corrected chi connectivity index (χ0v) is 13.6. The highest BCUT2D eigenvalue weighted by molar-refractivity contribution is 9.10. The van der Waals surface area contributed by atoms with E-state index in [9.17, 15) is 14.4 Å². The predicted octanol–water partition coefficient (Wildman–Crippen LogP) is 2.80. The van der Waals surface area contributed by atoms with Gasteiger partial charge in [0.2, 0.25) is 0 Å². The number of carbonyl (C=O) groups is 3. The van der Waals surface area contributed by atoms with Crippen molar-refractivity contribution in [3.8, 4) is 11.3 Å². The molecule has 1 aliphatic rings. The van der Waals surface area contributed by atoms with Crippen molar-refractivity contribution < 1.29 is 18.8 Å². The Bertz CT molecular complexity index is 836. The number of imide groups is 2. The number of nitrogens with one attached hydrogen (secondary N) is 1. The molecule has 2 heterocycles. The number of halogens is 1. The van der Waals surface area contributed by atoms with Crippen molar-refractivity contribution in [1.82, 2.24) is 10.2 Å². The van der Waals surface area contributed by atoms with Crippen LogP contribution in [0.1, 0.15) is 5.76 Å². The first-order valence-corrected chi connectivity index (χ1v) is 7.46. The first-order chi connectivity index (χ1) is 11.0.